The SMILES string of the molecule is CNC[C@H](c1ccc2ccccc2c1)[C@H](O)c1ccccc1F. The molecule has 3 rings (SSSR count). The van der Waals surface area contributed by atoms with Crippen LogP contribution < -0.4 is 5.32 Å². The molecule has 0 aromatic heterocycles. The van der Waals surface area contributed by atoms with Gasteiger partial charge in [-0.25, -0.2) is 4.39 Å². The molecule has 0 saturated heterocycles. The van der Waals surface area contributed by atoms with Gasteiger partial charge in [-0.15, -0.1) is 0 Å². The zero-order valence-corrected chi connectivity index (χ0v) is 13.0. The Morgan fingerprint density at radius 1 is 0.957 bits per heavy atom. The highest BCUT2D eigenvalue weighted by atomic mass is 19.1. The van der Waals surface area contributed by atoms with Crippen molar-refractivity contribution in [2.75, 3.05) is 13.6 Å². The van der Waals surface area contributed by atoms with Crippen molar-refractivity contribution >= 4 is 10.8 Å². The highest BCUT2D eigenvalue weighted by Gasteiger charge is 2.24. The van der Waals surface area contributed by atoms with E-state index in [1.54, 1.807) is 18.2 Å². The maximum Gasteiger partial charge on any atom is 0.129 e. The van der Waals surface area contributed by atoms with Gasteiger partial charge in [0.2, 0.25) is 0 Å². The summed E-state index contributed by atoms with van der Waals surface area (Å²) in [7, 11) is 1.84. The van der Waals surface area contributed by atoms with Crippen LogP contribution in [0.3, 0.4) is 0 Å². The lowest BCUT2D eigenvalue weighted by atomic mass is 9.87. The second-order valence-electron chi connectivity index (χ2n) is 5.74. The molecule has 118 valence electrons. The number of benzene rings is 3. The van der Waals surface area contributed by atoms with Crippen LogP contribution in [0.1, 0.15) is 23.1 Å². The Balaban J connectivity index is 2.01. The molecule has 2 atom stereocenters. The van der Waals surface area contributed by atoms with Gasteiger partial charge in [0.25, 0.3) is 0 Å². The van der Waals surface area contributed by atoms with Gasteiger partial charge in [-0.05, 0) is 29.4 Å². The van der Waals surface area contributed by atoms with Crippen molar-refractivity contribution in [2.45, 2.75) is 12.0 Å². The summed E-state index contributed by atoms with van der Waals surface area (Å²) in [6.45, 7) is 0.563. The summed E-state index contributed by atoms with van der Waals surface area (Å²) < 4.78 is 14.0. The highest BCUT2D eigenvalue weighted by molar-refractivity contribution is 5.83. The predicted octanol–water partition coefficient (Wildman–Crippen LogP) is 4.02. The third-order valence-corrected chi connectivity index (χ3v) is 4.23. The van der Waals surface area contributed by atoms with Crippen LogP contribution in [-0.2, 0) is 0 Å². The van der Waals surface area contributed by atoms with Gasteiger partial charge < -0.3 is 10.4 Å². The van der Waals surface area contributed by atoms with Gasteiger partial charge >= 0.3 is 0 Å². The third-order valence-electron chi connectivity index (χ3n) is 4.23. The lowest BCUT2D eigenvalue weighted by Crippen LogP contribution is -2.23. The summed E-state index contributed by atoms with van der Waals surface area (Å²) in [5, 5.41) is 16.1. The van der Waals surface area contributed by atoms with Crippen molar-refractivity contribution in [1.82, 2.24) is 5.32 Å². The van der Waals surface area contributed by atoms with Crippen LogP contribution in [0.2, 0.25) is 0 Å². The summed E-state index contributed by atoms with van der Waals surface area (Å²) in [5.41, 5.74) is 1.33. The van der Waals surface area contributed by atoms with Gasteiger partial charge in [-0.1, -0.05) is 60.7 Å². The first kappa shape index (κ1) is 15.7. The molecule has 0 aliphatic heterocycles. The average Bonchev–Trinajstić information content (AvgIpc) is 2.59. The quantitative estimate of drug-likeness (QED) is 0.746. The number of aliphatic hydroxyl groups excluding tert-OH is 1. The largest absolute Gasteiger partial charge is 0.388 e. The first-order chi connectivity index (χ1) is 11.2. The van der Waals surface area contributed by atoms with Crippen LogP contribution in [0.5, 0.6) is 0 Å². The van der Waals surface area contributed by atoms with Gasteiger partial charge in [0.15, 0.2) is 0 Å². The van der Waals surface area contributed by atoms with Gasteiger partial charge in [0.1, 0.15) is 5.82 Å². The topological polar surface area (TPSA) is 32.3 Å². The van der Waals surface area contributed by atoms with Gasteiger partial charge in [0, 0.05) is 18.0 Å². The van der Waals surface area contributed by atoms with Crippen LogP contribution in [0.25, 0.3) is 10.8 Å². The van der Waals surface area contributed by atoms with Crippen LogP contribution in [0.15, 0.2) is 66.7 Å². The smallest absolute Gasteiger partial charge is 0.129 e. The van der Waals surface area contributed by atoms with Crippen molar-refractivity contribution in [3.05, 3.63) is 83.7 Å². The third kappa shape index (κ3) is 3.26. The average molecular weight is 309 g/mol. The molecule has 0 saturated carbocycles. The minimum Gasteiger partial charge on any atom is -0.388 e. The van der Waals surface area contributed by atoms with Crippen molar-refractivity contribution in [3.63, 3.8) is 0 Å². The number of hydrogen-bond acceptors (Lipinski definition) is 2. The van der Waals surface area contributed by atoms with Gasteiger partial charge in [0.05, 0.1) is 6.10 Å². The molecule has 0 aliphatic carbocycles. The summed E-state index contributed by atoms with van der Waals surface area (Å²) >= 11 is 0. The van der Waals surface area contributed by atoms with E-state index < -0.39 is 6.10 Å². The summed E-state index contributed by atoms with van der Waals surface area (Å²) in [6, 6.07) is 20.6. The standard InChI is InChI=1S/C20H20FNO/c1-22-13-18(20(23)17-8-4-5-9-19(17)21)16-11-10-14-6-2-3-7-15(14)12-16/h2-12,18,20,22-23H,13H2,1H3/t18-,20-/m1/s1. The molecule has 0 fully saturated rings. The van der Waals surface area contributed by atoms with Crippen LogP contribution in [0, 0.1) is 5.82 Å². The number of likely N-dealkylation sites (N-methyl/N-ethyl adjacent to an activating group) is 1. The number of hydrogen-bond donors (Lipinski definition) is 2. The van der Waals surface area contributed by atoms with Crippen LogP contribution in [0.4, 0.5) is 4.39 Å². The molecule has 0 aliphatic rings. The maximum atomic E-state index is 14.0. The molecule has 0 amide bonds. The number of aliphatic hydroxyl groups is 1. The van der Waals surface area contributed by atoms with E-state index in [1.165, 1.54) is 6.07 Å². The molecule has 23 heavy (non-hydrogen) atoms. The molecule has 3 heteroatoms. The second-order valence-corrected chi connectivity index (χ2v) is 5.74. The summed E-state index contributed by atoms with van der Waals surface area (Å²) in [6.07, 6.45) is -0.898. The highest BCUT2D eigenvalue weighted by Crippen LogP contribution is 2.33. The monoisotopic (exact) mass is 309 g/mol. The molecule has 2 N–H and O–H groups in total. The molecule has 0 heterocycles. The lowest BCUT2D eigenvalue weighted by Gasteiger charge is -2.24. The molecule has 3 aromatic carbocycles. The normalized spacial score (nSPS) is 13.9. The van der Waals surface area contributed by atoms with Gasteiger partial charge in [-0.3, -0.25) is 0 Å². The number of rotatable bonds is 5. The lowest BCUT2D eigenvalue weighted by molar-refractivity contribution is 0.140. The first-order valence-corrected chi connectivity index (χ1v) is 7.76. The van der Waals surface area contributed by atoms with Crippen LogP contribution in [-0.4, -0.2) is 18.7 Å². The van der Waals surface area contributed by atoms with Crippen LogP contribution >= 0.6 is 0 Å². The Hall–Kier alpha value is -2.23. The fourth-order valence-corrected chi connectivity index (χ4v) is 3.00. The molecule has 0 unspecified atom stereocenters. The minimum absolute atomic E-state index is 0.221. The van der Waals surface area contributed by atoms with Crippen molar-refractivity contribution < 1.29 is 9.50 Å². The zero-order chi connectivity index (χ0) is 16.2. The predicted molar refractivity (Wildman–Crippen MR) is 92.0 cm³/mol. The van der Waals surface area contributed by atoms with Crippen molar-refractivity contribution in [3.8, 4) is 0 Å². The second kappa shape index (κ2) is 6.90. The molecular formula is C20H20FNO. The number of fused-ring (bicyclic) bond motifs is 1. The molecule has 0 bridgehead atoms. The maximum absolute atomic E-state index is 14.0. The van der Waals surface area contributed by atoms with E-state index in [-0.39, 0.29) is 11.7 Å². The van der Waals surface area contributed by atoms with Crippen molar-refractivity contribution in [1.29, 1.82) is 0 Å². The molecule has 3 aromatic rings. The van der Waals surface area contributed by atoms with E-state index in [9.17, 15) is 9.50 Å². The van der Waals surface area contributed by atoms with E-state index in [2.05, 4.69) is 17.4 Å². The Morgan fingerprint density at radius 3 is 2.39 bits per heavy atom. The van der Waals surface area contributed by atoms with E-state index in [0.717, 1.165) is 16.3 Å². The minimum atomic E-state index is -0.898. The number of nitrogens with one attached hydrogen (secondary N) is 1. The van der Waals surface area contributed by atoms with E-state index in [0.29, 0.717) is 12.1 Å². The van der Waals surface area contributed by atoms with Crippen molar-refractivity contribution in [2.24, 2.45) is 0 Å². The van der Waals surface area contributed by atoms with Gasteiger partial charge in [-0.2, -0.15) is 0 Å². The Kier molecular flexibility index (Phi) is 4.70. The van der Waals surface area contributed by atoms with E-state index in [4.69, 9.17) is 0 Å². The molecule has 0 radical (unpaired) electrons. The Morgan fingerprint density at radius 2 is 1.65 bits per heavy atom. The fraction of sp³-hybridized carbons (Fsp3) is 0.200. The first-order valence-electron chi connectivity index (χ1n) is 7.76. The summed E-state index contributed by atoms with van der Waals surface area (Å²) in [4.78, 5) is 0. The molecular weight excluding hydrogens is 289 g/mol. The molecule has 2 nitrogen and oxygen atoms in total. The molecule has 0 spiro atoms. The van der Waals surface area contributed by atoms with E-state index >= 15 is 0 Å². The fourth-order valence-electron chi connectivity index (χ4n) is 3.00. The van der Waals surface area contributed by atoms with E-state index in [1.807, 2.05) is 37.4 Å². The number of halogens is 1. The Bertz CT molecular complexity index is 802. The summed E-state index contributed by atoms with van der Waals surface area (Å²) in [5.74, 6) is -0.594. The zero-order valence-electron chi connectivity index (χ0n) is 13.0. The Labute approximate surface area is 135 Å².